The number of hydrogen-bond acceptors (Lipinski definition) is 7. The summed E-state index contributed by atoms with van der Waals surface area (Å²) in [7, 11) is 0. The second-order valence-corrected chi connectivity index (χ2v) is 6.08. The maximum Gasteiger partial charge on any atom is 0.295 e. The average molecular weight is 393 g/mol. The van der Waals surface area contributed by atoms with Crippen LogP contribution < -0.4 is 10.6 Å². The number of carbonyl (C=O) groups is 1. The fraction of sp³-hybridized carbons (Fsp3) is 0.100. The molecule has 0 atom stereocenters. The number of anilines is 2. The van der Waals surface area contributed by atoms with Gasteiger partial charge in [-0.25, -0.2) is 9.97 Å². The number of amides is 1. The summed E-state index contributed by atoms with van der Waals surface area (Å²) in [6.45, 7) is 0.276. The molecule has 146 valence electrons. The Morgan fingerprint density at radius 2 is 2.03 bits per heavy atom. The van der Waals surface area contributed by atoms with Crippen molar-refractivity contribution >= 4 is 28.7 Å². The number of nitrogens with zero attached hydrogens (tertiary/aromatic N) is 3. The Morgan fingerprint density at radius 3 is 2.86 bits per heavy atom. The molecular weight excluding hydrogens is 377 g/mol. The molecule has 4 rings (SSSR count). The SMILES string of the molecule is O=C(Nc1ccc2nc(NCCO)oc2c1)c1cccc(-c2ccnc(F)c2)n1. The number of benzene rings is 1. The minimum atomic E-state index is -0.618. The fourth-order valence-electron chi connectivity index (χ4n) is 2.72. The van der Waals surface area contributed by atoms with Gasteiger partial charge >= 0.3 is 0 Å². The summed E-state index contributed by atoms with van der Waals surface area (Å²) in [5.41, 5.74) is 2.78. The Balaban J connectivity index is 1.54. The predicted molar refractivity (Wildman–Crippen MR) is 105 cm³/mol. The molecule has 3 heterocycles. The molecule has 0 bridgehead atoms. The highest BCUT2D eigenvalue weighted by Gasteiger charge is 2.12. The molecule has 0 saturated carbocycles. The first-order valence-corrected chi connectivity index (χ1v) is 8.78. The van der Waals surface area contributed by atoms with Crippen molar-refractivity contribution in [1.29, 1.82) is 0 Å². The van der Waals surface area contributed by atoms with Gasteiger partial charge in [-0.1, -0.05) is 6.07 Å². The van der Waals surface area contributed by atoms with E-state index in [1.54, 1.807) is 42.5 Å². The molecule has 0 aliphatic rings. The smallest absolute Gasteiger partial charge is 0.295 e. The second kappa shape index (κ2) is 8.03. The lowest BCUT2D eigenvalue weighted by atomic mass is 10.1. The molecule has 0 aliphatic carbocycles. The van der Waals surface area contributed by atoms with E-state index in [0.717, 1.165) is 0 Å². The second-order valence-electron chi connectivity index (χ2n) is 6.08. The van der Waals surface area contributed by atoms with E-state index in [-0.39, 0.29) is 18.3 Å². The molecule has 1 amide bonds. The van der Waals surface area contributed by atoms with Gasteiger partial charge in [-0.15, -0.1) is 0 Å². The lowest BCUT2D eigenvalue weighted by Crippen LogP contribution is -2.13. The van der Waals surface area contributed by atoms with Crippen molar-refractivity contribution in [2.75, 3.05) is 23.8 Å². The van der Waals surface area contributed by atoms with E-state index in [0.29, 0.717) is 34.6 Å². The normalized spacial score (nSPS) is 10.8. The Bertz CT molecular complexity index is 1180. The maximum atomic E-state index is 13.3. The van der Waals surface area contributed by atoms with Crippen LogP contribution in [0.1, 0.15) is 10.5 Å². The molecular formula is C20H16FN5O3. The van der Waals surface area contributed by atoms with Gasteiger partial charge < -0.3 is 20.2 Å². The lowest BCUT2D eigenvalue weighted by molar-refractivity contribution is 0.102. The van der Waals surface area contributed by atoms with Gasteiger partial charge in [0.25, 0.3) is 11.9 Å². The minimum Gasteiger partial charge on any atom is -0.423 e. The van der Waals surface area contributed by atoms with Crippen LogP contribution in [-0.4, -0.2) is 39.1 Å². The minimum absolute atomic E-state index is 0.0434. The topological polar surface area (TPSA) is 113 Å². The molecule has 0 spiro atoms. The highest BCUT2D eigenvalue weighted by Crippen LogP contribution is 2.23. The van der Waals surface area contributed by atoms with Crippen molar-refractivity contribution in [2.24, 2.45) is 0 Å². The zero-order valence-electron chi connectivity index (χ0n) is 15.1. The number of aliphatic hydroxyl groups is 1. The van der Waals surface area contributed by atoms with Crippen LogP contribution in [0, 0.1) is 5.95 Å². The van der Waals surface area contributed by atoms with Gasteiger partial charge in [0.2, 0.25) is 5.95 Å². The number of pyridine rings is 2. The van der Waals surface area contributed by atoms with Crippen molar-refractivity contribution in [3.05, 3.63) is 66.4 Å². The summed E-state index contributed by atoms with van der Waals surface area (Å²) in [4.78, 5) is 24.7. The number of aliphatic hydroxyl groups excluding tert-OH is 1. The van der Waals surface area contributed by atoms with Crippen LogP contribution in [0.4, 0.5) is 16.1 Å². The van der Waals surface area contributed by atoms with Gasteiger partial charge in [-0.2, -0.15) is 9.37 Å². The first-order chi connectivity index (χ1) is 14.1. The van der Waals surface area contributed by atoms with Gasteiger partial charge in [-0.05, 0) is 30.3 Å². The molecule has 29 heavy (non-hydrogen) atoms. The fourth-order valence-corrected chi connectivity index (χ4v) is 2.72. The molecule has 4 aromatic rings. The number of carbonyl (C=O) groups excluding carboxylic acids is 1. The number of aromatic nitrogens is 3. The molecule has 9 heteroatoms. The van der Waals surface area contributed by atoms with E-state index in [9.17, 15) is 9.18 Å². The Labute approximate surface area is 164 Å². The van der Waals surface area contributed by atoms with Gasteiger partial charge in [0.1, 0.15) is 11.2 Å². The maximum absolute atomic E-state index is 13.3. The summed E-state index contributed by atoms with van der Waals surface area (Å²) in [6, 6.07) is 13.1. The third kappa shape index (κ3) is 4.19. The lowest BCUT2D eigenvalue weighted by Gasteiger charge is -2.06. The molecule has 0 fully saturated rings. The van der Waals surface area contributed by atoms with Crippen molar-refractivity contribution in [1.82, 2.24) is 15.0 Å². The van der Waals surface area contributed by atoms with Gasteiger partial charge in [0, 0.05) is 36.1 Å². The largest absolute Gasteiger partial charge is 0.423 e. The molecule has 0 aliphatic heterocycles. The average Bonchev–Trinajstić information content (AvgIpc) is 3.14. The molecule has 0 radical (unpaired) electrons. The molecule has 1 aromatic carbocycles. The molecule has 0 saturated heterocycles. The van der Waals surface area contributed by atoms with E-state index in [4.69, 9.17) is 9.52 Å². The van der Waals surface area contributed by atoms with E-state index in [1.807, 2.05) is 0 Å². The van der Waals surface area contributed by atoms with Crippen LogP contribution in [0.2, 0.25) is 0 Å². The van der Waals surface area contributed by atoms with Crippen LogP contribution in [-0.2, 0) is 0 Å². The Kier molecular flexibility index (Phi) is 5.12. The zero-order chi connectivity index (χ0) is 20.2. The molecule has 3 N–H and O–H groups in total. The molecule has 3 aromatic heterocycles. The quantitative estimate of drug-likeness (QED) is 0.432. The van der Waals surface area contributed by atoms with Gasteiger partial charge in [0.15, 0.2) is 5.58 Å². The summed E-state index contributed by atoms with van der Waals surface area (Å²) < 4.78 is 18.9. The van der Waals surface area contributed by atoms with E-state index in [1.165, 1.54) is 12.3 Å². The monoisotopic (exact) mass is 393 g/mol. The standard InChI is InChI=1S/C20H16FN5O3/c21-18-10-12(6-7-22-18)14-2-1-3-16(25-14)19(28)24-13-4-5-15-17(11-13)29-20(26-15)23-8-9-27/h1-7,10-11,27H,8-9H2,(H,23,26)(H,24,28). The van der Waals surface area contributed by atoms with Crippen molar-refractivity contribution in [3.8, 4) is 11.3 Å². The summed E-state index contributed by atoms with van der Waals surface area (Å²) >= 11 is 0. The summed E-state index contributed by atoms with van der Waals surface area (Å²) in [5, 5.41) is 14.4. The number of halogens is 1. The first-order valence-electron chi connectivity index (χ1n) is 8.78. The van der Waals surface area contributed by atoms with Crippen LogP contribution in [0.3, 0.4) is 0 Å². The number of oxazole rings is 1. The van der Waals surface area contributed by atoms with Crippen LogP contribution in [0.25, 0.3) is 22.4 Å². The summed E-state index contributed by atoms with van der Waals surface area (Å²) in [6.07, 6.45) is 1.34. The van der Waals surface area contributed by atoms with E-state index >= 15 is 0 Å². The van der Waals surface area contributed by atoms with Crippen molar-refractivity contribution in [2.45, 2.75) is 0 Å². The zero-order valence-corrected chi connectivity index (χ0v) is 15.1. The van der Waals surface area contributed by atoms with Crippen molar-refractivity contribution in [3.63, 3.8) is 0 Å². The van der Waals surface area contributed by atoms with Crippen molar-refractivity contribution < 1.29 is 18.7 Å². The molecule has 8 nitrogen and oxygen atoms in total. The number of nitrogens with one attached hydrogen (secondary N) is 2. The Morgan fingerprint density at radius 1 is 1.14 bits per heavy atom. The third-order valence-corrected chi connectivity index (χ3v) is 4.04. The van der Waals surface area contributed by atoms with Crippen LogP contribution >= 0.6 is 0 Å². The van der Waals surface area contributed by atoms with Crippen LogP contribution in [0.5, 0.6) is 0 Å². The van der Waals surface area contributed by atoms with Gasteiger partial charge in [0.05, 0.1) is 12.3 Å². The van der Waals surface area contributed by atoms with Crippen LogP contribution in [0.15, 0.2) is 59.1 Å². The summed E-state index contributed by atoms with van der Waals surface area (Å²) in [5.74, 6) is -1.04. The highest BCUT2D eigenvalue weighted by molar-refractivity contribution is 6.03. The number of hydrogen-bond donors (Lipinski definition) is 3. The molecule has 0 unspecified atom stereocenters. The van der Waals surface area contributed by atoms with E-state index in [2.05, 4.69) is 25.6 Å². The van der Waals surface area contributed by atoms with Gasteiger partial charge in [-0.3, -0.25) is 4.79 Å². The van der Waals surface area contributed by atoms with E-state index < -0.39 is 11.9 Å². The first kappa shape index (κ1) is 18.5. The highest BCUT2D eigenvalue weighted by atomic mass is 19.1. The third-order valence-electron chi connectivity index (χ3n) is 4.04. The Hall–Kier alpha value is -3.85. The number of fused-ring (bicyclic) bond motifs is 1. The predicted octanol–water partition coefficient (Wildman–Crippen LogP) is 3.08. The number of rotatable bonds is 6.